The average molecular weight is 255 g/mol. The van der Waals surface area contributed by atoms with E-state index in [9.17, 15) is 4.79 Å². The highest BCUT2D eigenvalue weighted by atomic mass is 35.5. The minimum absolute atomic E-state index is 0. The fourth-order valence-electron chi connectivity index (χ4n) is 1.13. The van der Waals surface area contributed by atoms with E-state index in [4.69, 9.17) is 11.5 Å². The Balaban J connectivity index is 0. The van der Waals surface area contributed by atoms with E-state index < -0.39 is 0 Å². The van der Waals surface area contributed by atoms with Crippen molar-refractivity contribution in [2.75, 3.05) is 6.54 Å². The molecule has 1 unspecified atom stereocenters. The van der Waals surface area contributed by atoms with E-state index in [-0.39, 0.29) is 36.6 Å². The number of amides is 1. The van der Waals surface area contributed by atoms with Gasteiger partial charge in [-0.05, 0) is 12.8 Å². The maximum atomic E-state index is 10.8. The summed E-state index contributed by atoms with van der Waals surface area (Å²) in [5, 5.41) is 0. The summed E-state index contributed by atoms with van der Waals surface area (Å²) in [5.41, 5.74) is 11.5. The van der Waals surface area contributed by atoms with Gasteiger partial charge in [-0.2, -0.15) is 0 Å². The van der Waals surface area contributed by atoms with Crippen LogP contribution in [0.1, 0.15) is 12.1 Å². The standard InChI is InChI=1S/C8H14N4O.2ClH/c9-3-6(8(10)13)1-2-7-4-11-5-12-7;;/h4-6H,1-3,9H2,(H2,10,13)(H,11,12);2*1H. The zero-order chi connectivity index (χ0) is 9.68. The summed E-state index contributed by atoms with van der Waals surface area (Å²) in [5.74, 6) is -0.565. The minimum Gasteiger partial charge on any atom is -0.369 e. The van der Waals surface area contributed by atoms with Gasteiger partial charge in [0.05, 0.1) is 12.2 Å². The van der Waals surface area contributed by atoms with E-state index in [0.29, 0.717) is 13.0 Å². The fourth-order valence-corrected chi connectivity index (χ4v) is 1.13. The molecule has 0 bridgehead atoms. The maximum absolute atomic E-state index is 10.8. The Morgan fingerprint density at radius 3 is 2.60 bits per heavy atom. The van der Waals surface area contributed by atoms with Crippen LogP contribution in [0.15, 0.2) is 12.5 Å². The molecule has 0 aromatic carbocycles. The van der Waals surface area contributed by atoms with Crippen molar-refractivity contribution in [3.8, 4) is 0 Å². The summed E-state index contributed by atoms with van der Waals surface area (Å²) >= 11 is 0. The SMILES string of the molecule is Cl.Cl.NCC(CCc1cnc[nH]1)C(N)=O. The van der Waals surface area contributed by atoms with E-state index in [2.05, 4.69) is 9.97 Å². The molecule has 5 N–H and O–H groups in total. The third kappa shape index (κ3) is 5.61. The number of nitrogens with one attached hydrogen (secondary N) is 1. The van der Waals surface area contributed by atoms with Crippen molar-refractivity contribution < 1.29 is 4.79 Å². The first-order valence-electron chi connectivity index (χ1n) is 4.20. The Hall–Kier alpha value is -0.780. The minimum atomic E-state index is -0.331. The normalized spacial score (nSPS) is 11.0. The molecule has 1 heterocycles. The van der Waals surface area contributed by atoms with Gasteiger partial charge in [0.15, 0.2) is 0 Å². The number of nitrogens with two attached hydrogens (primary N) is 2. The van der Waals surface area contributed by atoms with Gasteiger partial charge >= 0.3 is 0 Å². The first-order chi connectivity index (χ1) is 6.24. The van der Waals surface area contributed by atoms with Crippen LogP contribution in [0.3, 0.4) is 0 Å². The van der Waals surface area contributed by atoms with Crippen LogP contribution in [0.4, 0.5) is 0 Å². The number of hydrogen-bond donors (Lipinski definition) is 3. The van der Waals surface area contributed by atoms with E-state index in [0.717, 1.165) is 12.1 Å². The highest BCUT2D eigenvalue weighted by molar-refractivity contribution is 5.85. The summed E-state index contributed by atoms with van der Waals surface area (Å²) < 4.78 is 0. The number of primary amides is 1. The van der Waals surface area contributed by atoms with Crippen LogP contribution >= 0.6 is 24.8 Å². The summed E-state index contributed by atoms with van der Waals surface area (Å²) in [4.78, 5) is 17.6. The number of hydrogen-bond acceptors (Lipinski definition) is 3. The second kappa shape index (κ2) is 8.52. The molecule has 0 aliphatic carbocycles. The van der Waals surface area contributed by atoms with Crippen LogP contribution < -0.4 is 11.5 Å². The van der Waals surface area contributed by atoms with E-state index in [1.165, 1.54) is 0 Å². The number of aryl methyl sites for hydroxylation is 1. The Morgan fingerprint density at radius 2 is 2.20 bits per heavy atom. The molecule has 0 aliphatic rings. The number of carbonyl (C=O) groups is 1. The van der Waals surface area contributed by atoms with Crippen LogP contribution in [0.5, 0.6) is 0 Å². The summed E-state index contributed by atoms with van der Waals surface area (Å²) in [6.07, 6.45) is 4.77. The van der Waals surface area contributed by atoms with Crippen LogP contribution in [0.2, 0.25) is 0 Å². The van der Waals surface area contributed by atoms with Crippen molar-refractivity contribution >= 4 is 30.7 Å². The molecule has 0 spiro atoms. The molecular formula is C8H16Cl2N4O. The second-order valence-electron chi connectivity index (χ2n) is 2.95. The smallest absolute Gasteiger partial charge is 0.221 e. The Morgan fingerprint density at radius 1 is 1.53 bits per heavy atom. The number of halogens is 2. The number of imidazole rings is 1. The van der Waals surface area contributed by atoms with Gasteiger partial charge in [0, 0.05) is 18.4 Å². The molecule has 88 valence electrons. The Labute approximate surface area is 101 Å². The van der Waals surface area contributed by atoms with Crippen molar-refractivity contribution in [2.24, 2.45) is 17.4 Å². The lowest BCUT2D eigenvalue weighted by atomic mass is 10.0. The summed E-state index contributed by atoms with van der Waals surface area (Å²) in [6, 6.07) is 0. The van der Waals surface area contributed by atoms with E-state index in [1.54, 1.807) is 12.5 Å². The molecule has 1 amide bonds. The van der Waals surface area contributed by atoms with Gasteiger partial charge in [-0.25, -0.2) is 4.98 Å². The van der Waals surface area contributed by atoms with Crippen molar-refractivity contribution in [1.29, 1.82) is 0 Å². The molecule has 0 saturated carbocycles. The van der Waals surface area contributed by atoms with Gasteiger partial charge in [0.1, 0.15) is 0 Å². The van der Waals surface area contributed by atoms with E-state index >= 15 is 0 Å². The number of H-pyrrole nitrogens is 1. The number of rotatable bonds is 5. The summed E-state index contributed by atoms with van der Waals surface area (Å²) in [6.45, 7) is 0.309. The molecule has 1 atom stereocenters. The predicted octanol–water partition coefficient (Wildman–Crippen LogP) is 0.246. The van der Waals surface area contributed by atoms with Gasteiger partial charge in [-0.1, -0.05) is 0 Å². The topological polar surface area (TPSA) is 97.8 Å². The quantitative estimate of drug-likeness (QED) is 0.703. The fraction of sp³-hybridized carbons (Fsp3) is 0.500. The first-order valence-corrected chi connectivity index (χ1v) is 4.20. The summed E-state index contributed by atoms with van der Waals surface area (Å²) in [7, 11) is 0. The average Bonchev–Trinajstić information content (AvgIpc) is 2.57. The molecule has 0 saturated heterocycles. The third-order valence-corrected chi connectivity index (χ3v) is 2.00. The second-order valence-corrected chi connectivity index (χ2v) is 2.95. The molecule has 1 rings (SSSR count). The van der Waals surface area contributed by atoms with Crippen molar-refractivity contribution in [2.45, 2.75) is 12.8 Å². The first kappa shape index (κ1) is 16.6. The van der Waals surface area contributed by atoms with Gasteiger partial charge in [0.25, 0.3) is 0 Å². The molecule has 1 aromatic rings. The van der Waals surface area contributed by atoms with Crippen LogP contribution in [0.25, 0.3) is 0 Å². The molecule has 15 heavy (non-hydrogen) atoms. The monoisotopic (exact) mass is 254 g/mol. The predicted molar refractivity (Wildman–Crippen MR) is 63.1 cm³/mol. The Bertz CT molecular complexity index is 266. The molecule has 7 heteroatoms. The lowest BCUT2D eigenvalue weighted by molar-refractivity contribution is -0.121. The van der Waals surface area contributed by atoms with Gasteiger partial charge in [-0.15, -0.1) is 24.8 Å². The zero-order valence-corrected chi connectivity index (χ0v) is 9.81. The molecule has 0 aliphatic heterocycles. The molecule has 0 radical (unpaired) electrons. The molecular weight excluding hydrogens is 239 g/mol. The van der Waals surface area contributed by atoms with Gasteiger partial charge < -0.3 is 16.5 Å². The van der Waals surface area contributed by atoms with Crippen LogP contribution in [-0.4, -0.2) is 22.4 Å². The Kier molecular flexibility index (Phi) is 9.46. The largest absolute Gasteiger partial charge is 0.369 e. The maximum Gasteiger partial charge on any atom is 0.221 e. The lowest BCUT2D eigenvalue weighted by Crippen LogP contribution is -2.30. The number of aromatic amines is 1. The van der Waals surface area contributed by atoms with Crippen molar-refractivity contribution in [3.05, 3.63) is 18.2 Å². The zero-order valence-electron chi connectivity index (χ0n) is 8.18. The third-order valence-electron chi connectivity index (χ3n) is 2.00. The number of aromatic nitrogens is 2. The number of carbonyl (C=O) groups excluding carboxylic acids is 1. The lowest BCUT2D eigenvalue weighted by Gasteiger charge is -2.08. The van der Waals surface area contributed by atoms with Gasteiger partial charge in [0.2, 0.25) is 5.91 Å². The van der Waals surface area contributed by atoms with Crippen LogP contribution in [0, 0.1) is 5.92 Å². The number of nitrogens with zero attached hydrogens (tertiary/aromatic N) is 1. The van der Waals surface area contributed by atoms with E-state index in [1.807, 2.05) is 0 Å². The molecule has 1 aromatic heterocycles. The van der Waals surface area contributed by atoms with Gasteiger partial charge in [-0.3, -0.25) is 4.79 Å². The highest BCUT2D eigenvalue weighted by Crippen LogP contribution is 2.05. The molecule has 5 nitrogen and oxygen atoms in total. The van der Waals surface area contributed by atoms with Crippen LogP contribution in [-0.2, 0) is 11.2 Å². The highest BCUT2D eigenvalue weighted by Gasteiger charge is 2.12. The van der Waals surface area contributed by atoms with Crippen molar-refractivity contribution in [3.63, 3.8) is 0 Å². The van der Waals surface area contributed by atoms with Crippen molar-refractivity contribution in [1.82, 2.24) is 9.97 Å². The molecule has 0 fully saturated rings.